The van der Waals surface area contributed by atoms with Crippen molar-refractivity contribution in [2.24, 2.45) is 11.3 Å². The van der Waals surface area contributed by atoms with Crippen molar-refractivity contribution >= 4 is 17.5 Å². The molecule has 3 atom stereocenters. The summed E-state index contributed by atoms with van der Waals surface area (Å²) in [5, 5.41) is 7.26. The average Bonchev–Trinajstić information content (AvgIpc) is 3.35. The second-order valence-electron chi connectivity index (χ2n) is 9.19. The Labute approximate surface area is 169 Å². The third kappa shape index (κ3) is 3.80. The monoisotopic (exact) mass is 399 g/mol. The highest BCUT2D eigenvalue weighted by Gasteiger charge is 2.47. The zero-order valence-corrected chi connectivity index (χ0v) is 17.3. The topological polar surface area (TPSA) is 88.7 Å². The highest BCUT2D eigenvalue weighted by atomic mass is 16.2. The molecule has 4 rings (SSSR count). The highest BCUT2D eigenvalue weighted by molar-refractivity contribution is 5.79. The number of carbonyl (C=O) groups excluding carboxylic acids is 2. The molecule has 156 valence electrons. The molecule has 8 heteroatoms. The zero-order valence-electron chi connectivity index (χ0n) is 17.3. The minimum Gasteiger partial charge on any atom is -0.350 e. The van der Waals surface area contributed by atoms with Crippen LogP contribution < -0.4 is 11.0 Å². The fraction of sp³-hybridized carbons (Fsp3) is 0.619. The summed E-state index contributed by atoms with van der Waals surface area (Å²) in [6.07, 6.45) is 4.95. The van der Waals surface area contributed by atoms with Crippen molar-refractivity contribution in [3.05, 3.63) is 34.9 Å². The van der Waals surface area contributed by atoms with Gasteiger partial charge in [-0.2, -0.15) is 0 Å². The van der Waals surface area contributed by atoms with Gasteiger partial charge >= 0.3 is 5.69 Å². The summed E-state index contributed by atoms with van der Waals surface area (Å²) in [5.41, 5.74) is 0.171. The Morgan fingerprint density at radius 1 is 1.28 bits per heavy atom. The summed E-state index contributed by atoms with van der Waals surface area (Å²) in [7, 11) is 0. The number of pyridine rings is 1. The van der Waals surface area contributed by atoms with Crippen molar-refractivity contribution < 1.29 is 9.59 Å². The Morgan fingerprint density at radius 3 is 2.76 bits per heavy atom. The van der Waals surface area contributed by atoms with Crippen LogP contribution in [0.15, 0.2) is 29.2 Å². The average molecular weight is 399 g/mol. The summed E-state index contributed by atoms with van der Waals surface area (Å²) in [4.78, 5) is 39.8. The van der Waals surface area contributed by atoms with E-state index in [9.17, 15) is 14.4 Å². The summed E-state index contributed by atoms with van der Waals surface area (Å²) in [6, 6.07) is 5.28. The van der Waals surface area contributed by atoms with Crippen LogP contribution in [0.1, 0.15) is 46.5 Å². The fourth-order valence-electron chi connectivity index (χ4n) is 4.56. The molecule has 8 nitrogen and oxygen atoms in total. The van der Waals surface area contributed by atoms with Crippen LogP contribution in [0.2, 0.25) is 0 Å². The van der Waals surface area contributed by atoms with E-state index in [1.165, 1.54) is 9.08 Å². The van der Waals surface area contributed by atoms with Crippen LogP contribution in [-0.4, -0.2) is 49.5 Å². The first-order chi connectivity index (χ1) is 13.8. The third-order valence-electron chi connectivity index (χ3n) is 6.52. The Balaban J connectivity index is 1.40. The van der Waals surface area contributed by atoms with Gasteiger partial charge in [0.1, 0.15) is 6.54 Å². The van der Waals surface area contributed by atoms with Crippen LogP contribution in [-0.2, 0) is 16.1 Å². The van der Waals surface area contributed by atoms with Crippen LogP contribution in [0.25, 0.3) is 5.65 Å². The first-order valence-corrected chi connectivity index (χ1v) is 10.4. The van der Waals surface area contributed by atoms with Crippen molar-refractivity contribution in [1.29, 1.82) is 0 Å². The largest absolute Gasteiger partial charge is 0.350 e. The number of rotatable bonds is 6. The van der Waals surface area contributed by atoms with Crippen LogP contribution in [0.4, 0.5) is 0 Å². The van der Waals surface area contributed by atoms with Crippen LogP contribution in [0, 0.1) is 11.3 Å². The second-order valence-corrected chi connectivity index (χ2v) is 9.19. The SMILES string of the molecule is CCC(C)(C)CC(=O)N1C[C@H]2C[C@@H]1[C@H](NC(=O)Cn1nc3ccccn3c1=O)C2. The summed E-state index contributed by atoms with van der Waals surface area (Å²) >= 11 is 0. The number of carbonyl (C=O) groups is 2. The van der Waals surface area contributed by atoms with E-state index in [4.69, 9.17) is 0 Å². The minimum atomic E-state index is -0.331. The van der Waals surface area contributed by atoms with E-state index in [2.05, 4.69) is 31.2 Å². The van der Waals surface area contributed by atoms with Crippen molar-refractivity contribution in [2.45, 2.75) is 65.1 Å². The van der Waals surface area contributed by atoms with Gasteiger partial charge in [-0.3, -0.25) is 14.0 Å². The number of fused-ring (bicyclic) bond motifs is 3. The van der Waals surface area contributed by atoms with Crippen molar-refractivity contribution in [1.82, 2.24) is 24.4 Å². The van der Waals surface area contributed by atoms with Crippen LogP contribution in [0.3, 0.4) is 0 Å². The molecule has 2 bridgehead atoms. The number of hydrogen-bond acceptors (Lipinski definition) is 4. The lowest BCUT2D eigenvalue weighted by Crippen LogP contribution is -2.53. The van der Waals surface area contributed by atoms with E-state index in [0.29, 0.717) is 18.0 Å². The predicted molar refractivity (Wildman–Crippen MR) is 108 cm³/mol. The quantitative estimate of drug-likeness (QED) is 0.796. The Hall–Kier alpha value is -2.64. The molecule has 29 heavy (non-hydrogen) atoms. The van der Waals surface area contributed by atoms with Gasteiger partial charge in [0.2, 0.25) is 11.8 Å². The summed E-state index contributed by atoms with van der Waals surface area (Å²) in [6.45, 7) is 7.01. The van der Waals surface area contributed by atoms with Gasteiger partial charge in [0, 0.05) is 25.2 Å². The van der Waals surface area contributed by atoms with Gasteiger partial charge < -0.3 is 10.2 Å². The van der Waals surface area contributed by atoms with E-state index in [-0.39, 0.29) is 41.5 Å². The lowest BCUT2D eigenvalue weighted by molar-refractivity contribution is -0.136. The number of piperidine rings is 1. The van der Waals surface area contributed by atoms with Crippen LogP contribution in [0.5, 0.6) is 0 Å². The van der Waals surface area contributed by atoms with Crippen LogP contribution >= 0.6 is 0 Å². The maximum atomic E-state index is 12.8. The molecule has 2 fully saturated rings. The molecule has 0 spiro atoms. The maximum absolute atomic E-state index is 12.8. The number of nitrogens with zero attached hydrogens (tertiary/aromatic N) is 4. The molecule has 2 aromatic heterocycles. The molecule has 0 unspecified atom stereocenters. The first-order valence-electron chi connectivity index (χ1n) is 10.4. The van der Waals surface area contributed by atoms with Crippen molar-refractivity contribution in [3.8, 4) is 0 Å². The Bertz CT molecular complexity index is 992. The Kier molecular flexibility index (Phi) is 4.96. The third-order valence-corrected chi connectivity index (χ3v) is 6.52. The van der Waals surface area contributed by atoms with Gasteiger partial charge in [0.05, 0.1) is 6.04 Å². The van der Waals surface area contributed by atoms with Gasteiger partial charge in [-0.05, 0) is 36.3 Å². The second kappa shape index (κ2) is 7.31. The molecule has 2 amide bonds. The minimum absolute atomic E-state index is 0.0120. The lowest BCUT2D eigenvalue weighted by Gasteiger charge is -2.35. The van der Waals surface area contributed by atoms with Crippen molar-refractivity contribution in [2.75, 3.05) is 6.54 Å². The molecule has 0 aromatic carbocycles. The number of likely N-dealkylation sites (tertiary alicyclic amines) is 1. The van der Waals surface area contributed by atoms with E-state index < -0.39 is 0 Å². The molecule has 3 heterocycles. The van der Waals surface area contributed by atoms with Gasteiger partial charge in [-0.15, -0.1) is 5.10 Å². The molecule has 1 N–H and O–H groups in total. The molecule has 2 aliphatic rings. The number of hydrogen-bond donors (Lipinski definition) is 1. The molecular formula is C21H29N5O3. The van der Waals surface area contributed by atoms with Gasteiger partial charge in [0.25, 0.3) is 0 Å². The summed E-state index contributed by atoms with van der Waals surface area (Å²) < 4.78 is 2.60. The standard InChI is InChI=1S/C21H29N5O3/c1-4-21(2,3)11-19(28)25-12-14-9-15(16(25)10-14)22-18(27)13-26-20(29)24-8-6-5-7-17(24)23-26/h5-8,14-16H,4,9-13H2,1-3H3,(H,22,27)/t14-,15-,16-/m1/s1. The molecule has 1 saturated heterocycles. The predicted octanol–water partition coefficient (Wildman–Crippen LogP) is 1.43. The van der Waals surface area contributed by atoms with E-state index in [1.807, 2.05) is 4.90 Å². The zero-order chi connectivity index (χ0) is 20.8. The maximum Gasteiger partial charge on any atom is 0.350 e. The molecular weight excluding hydrogens is 370 g/mol. The van der Waals surface area contributed by atoms with E-state index in [0.717, 1.165) is 25.8 Å². The van der Waals surface area contributed by atoms with Crippen molar-refractivity contribution in [3.63, 3.8) is 0 Å². The first kappa shape index (κ1) is 19.7. The van der Waals surface area contributed by atoms with Gasteiger partial charge in [-0.1, -0.05) is 33.3 Å². The molecule has 1 aliphatic carbocycles. The Morgan fingerprint density at radius 2 is 2.07 bits per heavy atom. The summed E-state index contributed by atoms with van der Waals surface area (Å²) in [5.74, 6) is 0.381. The van der Waals surface area contributed by atoms with E-state index in [1.54, 1.807) is 24.4 Å². The normalized spacial score (nSPS) is 23.7. The molecule has 1 aliphatic heterocycles. The number of aromatic nitrogens is 3. The lowest BCUT2D eigenvalue weighted by atomic mass is 9.85. The van der Waals surface area contributed by atoms with Gasteiger partial charge in [-0.25, -0.2) is 9.48 Å². The molecule has 1 saturated carbocycles. The molecule has 0 radical (unpaired) electrons. The fourth-order valence-corrected chi connectivity index (χ4v) is 4.56. The molecule has 2 aromatic rings. The van der Waals surface area contributed by atoms with E-state index >= 15 is 0 Å². The highest BCUT2D eigenvalue weighted by Crippen LogP contribution is 2.39. The smallest absolute Gasteiger partial charge is 0.350 e. The number of amides is 2. The number of nitrogens with one attached hydrogen (secondary N) is 1. The van der Waals surface area contributed by atoms with Gasteiger partial charge in [0.15, 0.2) is 5.65 Å².